The lowest BCUT2D eigenvalue weighted by atomic mass is 10.2. The predicted octanol–water partition coefficient (Wildman–Crippen LogP) is 2.82. The molecule has 0 saturated carbocycles. The minimum atomic E-state index is -3.58. The average Bonchev–Trinajstić information content (AvgIpc) is 3.19. The number of nitrogens with one attached hydrogen (secondary N) is 2. The van der Waals surface area contributed by atoms with Crippen LogP contribution in [-0.4, -0.2) is 46.3 Å². The number of para-hydroxylation sites is 1. The molecule has 5 rings (SSSR count). The number of hydrogen-bond acceptors (Lipinski definition) is 9. The van der Waals surface area contributed by atoms with Crippen LogP contribution in [0, 0.1) is 0 Å². The molecule has 0 atom stereocenters. The van der Waals surface area contributed by atoms with E-state index in [-0.39, 0.29) is 17.3 Å². The lowest BCUT2D eigenvalue weighted by Gasteiger charge is -2.11. The number of fused-ring (bicyclic) bond motifs is 3. The van der Waals surface area contributed by atoms with Crippen LogP contribution in [0.5, 0.6) is 5.75 Å². The van der Waals surface area contributed by atoms with E-state index < -0.39 is 15.6 Å². The molecular formula is C23H19N7O4S. The Labute approximate surface area is 199 Å². The van der Waals surface area contributed by atoms with Crippen LogP contribution in [0.15, 0.2) is 71.7 Å². The van der Waals surface area contributed by atoms with Crippen LogP contribution >= 0.6 is 0 Å². The number of ether oxygens (including phenoxy) is 1. The van der Waals surface area contributed by atoms with Crippen LogP contribution in [0.4, 0.5) is 17.3 Å². The van der Waals surface area contributed by atoms with E-state index in [1.807, 2.05) is 12.1 Å². The first-order valence-electron chi connectivity index (χ1n) is 10.4. The summed E-state index contributed by atoms with van der Waals surface area (Å²) in [4.78, 5) is 25.6. The van der Waals surface area contributed by atoms with Gasteiger partial charge in [0, 0.05) is 17.1 Å². The fourth-order valence-electron chi connectivity index (χ4n) is 3.53. The van der Waals surface area contributed by atoms with E-state index in [4.69, 9.17) is 9.72 Å². The van der Waals surface area contributed by atoms with Gasteiger partial charge in [0.25, 0.3) is 5.56 Å². The Balaban J connectivity index is 1.77. The molecule has 5 aromatic rings. The van der Waals surface area contributed by atoms with Crippen molar-refractivity contribution in [3.63, 3.8) is 0 Å². The summed E-state index contributed by atoms with van der Waals surface area (Å²) < 4.78 is 33.1. The lowest BCUT2D eigenvalue weighted by Crippen LogP contribution is -2.13. The third-order valence-electron chi connectivity index (χ3n) is 5.07. The van der Waals surface area contributed by atoms with Crippen molar-refractivity contribution in [1.82, 2.24) is 24.6 Å². The summed E-state index contributed by atoms with van der Waals surface area (Å²) in [6.45, 7) is 0. The van der Waals surface area contributed by atoms with Crippen LogP contribution in [-0.2, 0) is 10.0 Å². The first kappa shape index (κ1) is 22.2. The van der Waals surface area contributed by atoms with Crippen molar-refractivity contribution in [2.24, 2.45) is 0 Å². The Kier molecular flexibility index (Phi) is 5.49. The second-order valence-electron chi connectivity index (χ2n) is 7.58. The van der Waals surface area contributed by atoms with E-state index in [9.17, 15) is 13.2 Å². The van der Waals surface area contributed by atoms with Gasteiger partial charge < -0.3 is 10.1 Å². The molecule has 35 heavy (non-hydrogen) atoms. The summed E-state index contributed by atoms with van der Waals surface area (Å²) in [6.07, 6.45) is 2.45. The van der Waals surface area contributed by atoms with Crippen molar-refractivity contribution in [3.8, 4) is 17.1 Å². The van der Waals surface area contributed by atoms with Crippen molar-refractivity contribution in [1.29, 1.82) is 0 Å². The van der Waals surface area contributed by atoms with E-state index in [2.05, 4.69) is 25.1 Å². The summed E-state index contributed by atoms with van der Waals surface area (Å²) in [5.74, 6) is 1.26. The molecule has 12 heteroatoms. The Bertz CT molecular complexity index is 1740. The van der Waals surface area contributed by atoms with Crippen molar-refractivity contribution in [3.05, 3.63) is 77.2 Å². The standard InChI is InChI=1S/C23H19N7O4S/c1-34-15-11-9-14(10-12-15)20-27-21-16-6-5-8-17(29-35(2,32)33)19(16)26-23(30(21)28-20)25-18-7-3-4-13-24-22(18)31/h3-13,29H,1-2H3,(H,24,25,26,31). The third-order valence-corrected chi connectivity index (χ3v) is 5.67. The second kappa shape index (κ2) is 8.65. The van der Waals surface area contributed by atoms with E-state index in [0.717, 1.165) is 11.8 Å². The lowest BCUT2D eigenvalue weighted by molar-refractivity contribution is 0.415. The molecule has 3 aromatic heterocycles. The van der Waals surface area contributed by atoms with Crippen LogP contribution in [0.3, 0.4) is 0 Å². The number of methoxy groups -OCH3 is 1. The van der Waals surface area contributed by atoms with Crippen LogP contribution in [0.2, 0.25) is 0 Å². The molecule has 2 aromatic carbocycles. The average molecular weight is 490 g/mol. The molecule has 0 aliphatic heterocycles. The number of aromatic nitrogens is 5. The number of anilines is 3. The molecule has 0 unspecified atom stereocenters. The normalized spacial score (nSPS) is 11.5. The maximum atomic E-state index is 12.4. The van der Waals surface area contributed by atoms with Gasteiger partial charge in [-0.15, -0.1) is 5.10 Å². The summed E-state index contributed by atoms with van der Waals surface area (Å²) in [7, 11) is -2.00. The highest BCUT2D eigenvalue weighted by molar-refractivity contribution is 7.92. The molecule has 2 N–H and O–H groups in total. The molecule has 0 amide bonds. The Morgan fingerprint density at radius 1 is 0.943 bits per heavy atom. The van der Waals surface area contributed by atoms with Crippen molar-refractivity contribution < 1.29 is 13.2 Å². The topological polar surface area (TPSA) is 140 Å². The van der Waals surface area contributed by atoms with Gasteiger partial charge in [0.15, 0.2) is 11.5 Å². The van der Waals surface area contributed by atoms with Gasteiger partial charge in [-0.3, -0.25) is 9.52 Å². The molecule has 0 fully saturated rings. The van der Waals surface area contributed by atoms with Crippen LogP contribution in [0.1, 0.15) is 0 Å². The van der Waals surface area contributed by atoms with Gasteiger partial charge in [-0.25, -0.2) is 23.4 Å². The fourth-order valence-corrected chi connectivity index (χ4v) is 4.09. The molecule has 0 saturated heterocycles. The quantitative estimate of drug-likeness (QED) is 0.368. The minimum Gasteiger partial charge on any atom is -0.497 e. The number of nitrogens with zero attached hydrogens (tertiary/aromatic N) is 5. The van der Waals surface area contributed by atoms with Crippen molar-refractivity contribution >= 4 is 43.9 Å². The molecular weight excluding hydrogens is 470 g/mol. The predicted molar refractivity (Wildman–Crippen MR) is 133 cm³/mol. The number of sulfonamides is 1. The first-order chi connectivity index (χ1) is 16.8. The third kappa shape index (κ3) is 4.46. The first-order valence-corrected chi connectivity index (χ1v) is 12.3. The van der Waals surface area contributed by atoms with Crippen molar-refractivity contribution in [2.75, 3.05) is 23.4 Å². The molecule has 0 spiro atoms. The second-order valence-corrected chi connectivity index (χ2v) is 9.33. The highest BCUT2D eigenvalue weighted by atomic mass is 32.2. The van der Waals surface area contributed by atoms with E-state index in [0.29, 0.717) is 28.1 Å². The highest BCUT2D eigenvalue weighted by Crippen LogP contribution is 2.30. The summed E-state index contributed by atoms with van der Waals surface area (Å²) >= 11 is 0. The van der Waals surface area contributed by atoms with Gasteiger partial charge in [-0.2, -0.15) is 4.52 Å². The Morgan fingerprint density at radius 2 is 1.71 bits per heavy atom. The van der Waals surface area contributed by atoms with Crippen LogP contribution in [0.25, 0.3) is 27.9 Å². The number of rotatable bonds is 6. The fraction of sp³-hybridized carbons (Fsp3) is 0.0870. The molecule has 11 nitrogen and oxygen atoms in total. The summed E-state index contributed by atoms with van der Waals surface area (Å²) in [5, 5.41) is 8.16. The smallest absolute Gasteiger partial charge is 0.293 e. The molecule has 176 valence electrons. The Hall–Kier alpha value is -4.58. The molecule has 0 radical (unpaired) electrons. The highest BCUT2D eigenvalue weighted by Gasteiger charge is 2.18. The van der Waals surface area contributed by atoms with Crippen molar-refractivity contribution in [2.45, 2.75) is 0 Å². The van der Waals surface area contributed by atoms with E-state index >= 15 is 0 Å². The van der Waals surface area contributed by atoms with Gasteiger partial charge in [-0.1, -0.05) is 12.1 Å². The number of benzene rings is 2. The SMILES string of the molecule is COc1ccc(-c2nc3c4cccc(NS(C)(=O)=O)c4nc(Nc4ccccnc4=O)n3n2)cc1. The van der Waals surface area contributed by atoms with Gasteiger partial charge in [0.2, 0.25) is 16.0 Å². The zero-order valence-corrected chi connectivity index (χ0v) is 19.4. The maximum Gasteiger partial charge on any atom is 0.293 e. The molecule has 0 aliphatic rings. The summed E-state index contributed by atoms with van der Waals surface area (Å²) in [5.41, 5.74) is 1.42. The minimum absolute atomic E-state index is 0.160. The van der Waals surface area contributed by atoms with Gasteiger partial charge in [0.05, 0.1) is 19.1 Å². The van der Waals surface area contributed by atoms with Gasteiger partial charge in [0.1, 0.15) is 17.0 Å². The monoisotopic (exact) mass is 489 g/mol. The maximum absolute atomic E-state index is 12.4. The Morgan fingerprint density at radius 3 is 2.46 bits per heavy atom. The largest absolute Gasteiger partial charge is 0.497 e. The molecule has 0 bridgehead atoms. The zero-order chi connectivity index (χ0) is 24.6. The number of hydrogen-bond donors (Lipinski definition) is 2. The molecule has 0 aliphatic carbocycles. The van der Waals surface area contributed by atoms with E-state index in [1.165, 1.54) is 10.7 Å². The zero-order valence-electron chi connectivity index (χ0n) is 18.6. The van der Waals surface area contributed by atoms with Gasteiger partial charge in [-0.05, 0) is 48.5 Å². The van der Waals surface area contributed by atoms with Crippen LogP contribution < -0.4 is 20.3 Å². The van der Waals surface area contributed by atoms with E-state index in [1.54, 1.807) is 55.6 Å². The van der Waals surface area contributed by atoms with Gasteiger partial charge >= 0.3 is 0 Å². The summed E-state index contributed by atoms with van der Waals surface area (Å²) in [6, 6.07) is 17.2. The molecule has 3 heterocycles.